The lowest BCUT2D eigenvalue weighted by atomic mass is 10.2. The number of thioether (sulfide) groups is 1. The minimum absolute atomic E-state index is 0.192. The van der Waals surface area contributed by atoms with Crippen LogP contribution in [0.4, 0.5) is 4.39 Å². The number of aromatic nitrogens is 2. The lowest BCUT2D eigenvalue weighted by Gasteiger charge is -2.14. The zero-order valence-electron chi connectivity index (χ0n) is 14.9. The molecule has 0 aliphatic rings. The van der Waals surface area contributed by atoms with Crippen molar-refractivity contribution in [1.82, 2.24) is 9.55 Å². The topological polar surface area (TPSA) is 44.1 Å². The Balaban J connectivity index is 1.67. The van der Waals surface area contributed by atoms with Gasteiger partial charge in [-0.3, -0.25) is 9.36 Å². The molecule has 4 rings (SSSR count). The van der Waals surface area contributed by atoms with Crippen LogP contribution in [0.25, 0.3) is 16.6 Å². The van der Waals surface area contributed by atoms with Gasteiger partial charge in [-0.05, 0) is 36.4 Å². The van der Waals surface area contributed by atoms with Gasteiger partial charge in [0.15, 0.2) is 5.16 Å². The monoisotopic (exact) mass is 392 g/mol. The highest BCUT2D eigenvalue weighted by Gasteiger charge is 2.15. The maximum absolute atomic E-state index is 14.4. The summed E-state index contributed by atoms with van der Waals surface area (Å²) < 4.78 is 21.5. The Bertz CT molecular complexity index is 1160. The van der Waals surface area contributed by atoms with Crippen LogP contribution in [-0.4, -0.2) is 21.9 Å². The second kappa shape index (κ2) is 8.27. The summed E-state index contributed by atoms with van der Waals surface area (Å²) in [6.45, 7) is 0.439. The van der Waals surface area contributed by atoms with Gasteiger partial charge in [-0.2, -0.15) is 0 Å². The minimum Gasteiger partial charge on any atom is -0.493 e. The zero-order valence-corrected chi connectivity index (χ0v) is 15.7. The standard InChI is InChI=1S/C22H17FN2O2S/c23-18-11-5-7-13-20(18)25-21(26)17-10-4-6-12-19(17)24-22(25)28-15-14-27-16-8-2-1-3-9-16/h1-13H,14-15H2. The molecule has 0 unspecified atom stereocenters. The van der Waals surface area contributed by atoms with Gasteiger partial charge in [0.25, 0.3) is 5.56 Å². The molecule has 3 aromatic carbocycles. The van der Waals surface area contributed by atoms with E-state index in [0.29, 0.717) is 28.4 Å². The van der Waals surface area contributed by atoms with E-state index in [0.717, 1.165) is 5.75 Å². The van der Waals surface area contributed by atoms with Crippen molar-refractivity contribution in [2.75, 3.05) is 12.4 Å². The second-order valence-electron chi connectivity index (χ2n) is 6.01. The van der Waals surface area contributed by atoms with Crippen molar-refractivity contribution < 1.29 is 9.13 Å². The fourth-order valence-electron chi connectivity index (χ4n) is 2.86. The Morgan fingerprint density at radius 1 is 0.929 bits per heavy atom. The van der Waals surface area contributed by atoms with E-state index in [2.05, 4.69) is 4.98 Å². The van der Waals surface area contributed by atoms with Crippen molar-refractivity contribution in [3.8, 4) is 11.4 Å². The van der Waals surface area contributed by atoms with E-state index in [9.17, 15) is 9.18 Å². The summed E-state index contributed by atoms with van der Waals surface area (Å²) in [7, 11) is 0. The van der Waals surface area contributed by atoms with Gasteiger partial charge in [-0.1, -0.05) is 54.2 Å². The summed E-state index contributed by atoms with van der Waals surface area (Å²) in [5, 5.41) is 0.890. The summed E-state index contributed by atoms with van der Waals surface area (Å²) in [6, 6.07) is 22.8. The minimum atomic E-state index is -0.468. The molecule has 0 saturated carbocycles. The number of nitrogens with zero attached hydrogens (tertiary/aromatic N) is 2. The number of hydrogen-bond donors (Lipinski definition) is 0. The van der Waals surface area contributed by atoms with E-state index < -0.39 is 5.82 Å². The van der Waals surface area contributed by atoms with Crippen LogP contribution in [0.15, 0.2) is 88.8 Å². The van der Waals surface area contributed by atoms with Crippen molar-refractivity contribution >= 4 is 22.7 Å². The third-order valence-electron chi connectivity index (χ3n) is 4.16. The van der Waals surface area contributed by atoms with E-state index in [4.69, 9.17) is 4.74 Å². The molecular weight excluding hydrogens is 375 g/mol. The lowest BCUT2D eigenvalue weighted by Crippen LogP contribution is -2.23. The first-order valence-corrected chi connectivity index (χ1v) is 9.80. The van der Waals surface area contributed by atoms with Crippen LogP contribution < -0.4 is 10.3 Å². The molecule has 0 aliphatic carbocycles. The van der Waals surface area contributed by atoms with Gasteiger partial charge in [-0.25, -0.2) is 9.37 Å². The van der Waals surface area contributed by atoms with Gasteiger partial charge in [-0.15, -0.1) is 0 Å². The van der Waals surface area contributed by atoms with Crippen LogP contribution in [0, 0.1) is 5.82 Å². The molecule has 1 heterocycles. The second-order valence-corrected chi connectivity index (χ2v) is 7.08. The fraction of sp³-hybridized carbons (Fsp3) is 0.0909. The van der Waals surface area contributed by atoms with Gasteiger partial charge in [0, 0.05) is 5.75 Å². The number of fused-ring (bicyclic) bond motifs is 1. The van der Waals surface area contributed by atoms with Crippen LogP contribution in [0.2, 0.25) is 0 Å². The van der Waals surface area contributed by atoms with Crippen LogP contribution in [0.5, 0.6) is 5.75 Å². The third-order valence-corrected chi connectivity index (χ3v) is 5.07. The highest BCUT2D eigenvalue weighted by Crippen LogP contribution is 2.23. The molecule has 6 heteroatoms. The van der Waals surface area contributed by atoms with E-state index in [1.807, 2.05) is 36.4 Å². The first-order chi connectivity index (χ1) is 13.7. The Morgan fingerprint density at radius 2 is 1.64 bits per heavy atom. The smallest absolute Gasteiger partial charge is 0.266 e. The molecule has 1 aromatic heterocycles. The van der Waals surface area contributed by atoms with Gasteiger partial charge < -0.3 is 4.74 Å². The molecule has 140 valence electrons. The van der Waals surface area contributed by atoms with Crippen LogP contribution >= 0.6 is 11.8 Å². The number of rotatable bonds is 6. The summed E-state index contributed by atoms with van der Waals surface area (Å²) in [5.74, 6) is 0.874. The molecule has 0 bridgehead atoms. The molecule has 0 fully saturated rings. The average Bonchev–Trinajstić information content (AvgIpc) is 2.73. The SMILES string of the molecule is O=c1c2ccccc2nc(SCCOc2ccccc2)n1-c1ccccc1F. The summed E-state index contributed by atoms with van der Waals surface area (Å²) in [4.78, 5) is 17.7. The van der Waals surface area contributed by atoms with Gasteiger partial charge in [0.05, 0.1) is 23.2 Å². The maximum Gasteiger partial charge on any atom is 0.266 e. The Hall–Kier alpha value is -3.12. The van der Waals surface area contributed by atoms with E-state index >= 15 is 0 Å². The molecule has 4 nitrogen and oxygen atoms in total. The Labute approximate surface area is 165 Å². The average molecular weight is 392 g/mol. The summed E-state index contributed by atoms with van der Waals surface area (Å²) in [6.07, 6.45) is 0. The number of benzene rings is 3. The van der Waals surface area contributed by atoms with Crippen molar-refractivity contribution in [2.24, 2.45) is 0 Å². The van der Waals surface area contributed by atoms with Crippen molar-refractivity contribution in [3.05, 3.63) is 95.0 Å². The van der Waals surface area contributed by atoms with Crippen LogP contribution in [-0.2, 0) is 0 Å². The number of para-hydroxylation sites is 3. The highest BCUT2D eigenvalue weighted by molar-refractivity contribution is 7.99. The molecule has 0 amide bonds. The van der Waals surface area contributed by atoms with E-state index in [1.165, 1.54) is 22.4 Å². The van der Waals surface area contributed by atoms with Crippen molar-refractivity contribution in [1.29, 1.82) is 0 Å². The number of hydrogen-bond acceptors (Lipinski definition) is 4. The molecule has 4 aromatic rings. The summed E-state index contributed by atoms with van der Waals surface area (Å²) in [5.41, 5.74) is 0.492. The molecule has 0 radical (unpaired) electrons. The van der Waals surface area contributed by atoms with Gasteiger partial charge in [0.2, 0.25) is 0 Å². The molecule has 0 aliphatic heterocycles. The Kier molecular flexibility index (Phi) is 5.39. The predicted octanol–water partition coefficient (Wildman–Crippen LogP) is 4.70. The molecule has 0 N–H and O–H groups in total. The quantitative estimate of drug-likeness (QED) is 0.271. The van der Waals surface area contributed by atoms with Gasteiger partial charge >= 0.3 is 0 Å². The number of halogens is 1. The summed E-state index contributed by atoms with van der Waals surface area (Å²) >= 11 is 1.36. The molecule has 0 saturated heterocycles. The largest absolute Gasteiger partial charge is 0.493 e. The first-order valence-electron chi connectivity index (χ1n) is 8.81. The maximum atomic E-state index is 14.4. The normalized spacial score (nSPS) is 10.9. The van der Waals surface area contributed by atoms with E-state index in [-0.39, 0.29) is 11.2 Å². The first kappa shape index (κ1) is 18.3. The molecular formula is C22H17FN2O2S. The van der Waals surface area contributed by atoms with Crippen molar-refractivity contribution in [3.63, 3.8) is 0 Å². The van der Waals surface area contributed by atoms with Crippen molar-refractivity contribution in [2.45, 2.75) is 5.16 Å². The third kappa shape index (κ3) is 3.77. The highest BCUT2D eigenvalue weighted by atomic mass is 32.2. The van der Waals surface area contributed by atoms with E-state index in [1.54, 1.807) is 36.4 Å². The fourth-order valence-corrected chi connectivity index (χ4v) is 3.69. The number of ether oxygens (including phenoxy) is 1. The molecule has 0 atom stereocenters. The van der Waals surface area contributed by atoms with Crippen LogP contribution in [0.1, 0.15) is 0 Å². The Morgan fingerprint density at radius 3 is 2.46 bits per heavy atom. The van der Waals surface area contributed by atoms with Crippen LogP contribution in [0.3, 0.4) is 0 Å². The lowest BCUT2D eigenvalue weighted by molar-refractivity contribution is 0.344. The predicted molar refractivity (Wildman–Crippen MR) is 110 cm³/mol. The van der Waals surface area contributed by atoms with Gasteiger partial charge in [0.1, 0.15) is 11.6 Å². The molecule has 28 heavy (non-hydrogen) atoms. The zero-order chi connectivity index (χ0) is 19.3. The molecule has 0 spiro atoms.